The molecule has 0 atom stereocenters. The molecule has 3 aromatic rings. The number of anilines is 1. The summed E-state index contributed by atoms with van der Waals surface area (Å²) in [6.45, 7) is 4.22. The van der Waals surface area contributed by atoms with Gasteiger partial charge in [0.1, 0.15) is 12.1 Å². The zero-order chi connectivity index (χ0) is 14.2. The average Bonchev–Trinajstić information content (AvgIpc) is 3.17. The third kappa shape index (κ3) is 2.05. The monoisotopic (exact) mass is 279 g/mol. The van der Waals surface area contributed by atoms with Gasteiger partial charge in [-0.25, -0.2) is 14.6 Å². The van der Waals surface area contributed by atoms with Gasteiger partial charge in [-0.05, 0) is 31.9 Å². The maximum absolute atomic E-state index is 4.51. The molecule has 0 spiro atoms. The summed E-state index contributed by atoms with van der Waals surface area (Å²) >= 11 is 0. The van der Waals surface area contributed by atoms with Gasteiger partial charge in [-0.2, -0.15) is 5.10 Å². The number of benzene rings is 1. The first-order valence-corrected chi connectivity index (χ1v) is 7.34. The summed E-state index contributed by atoms with van der Waals surface area (Å²) in [5.74, 6) is 1.01. The number of hydrogen-bond donors (Lipinski definition) is 0. The number of aromatic nitrogens is 4. The standard InChI is InChI=1S/C16H17N5/c1-12-4-6-13(7-5-12)21-16-14(10-19-21)15(17-11-18-16)20-8-2-3-9-20/h4-7,10-11H,2-3,8-9H2,1H3. The van der Waals surface area contributed by atoms with Crippen molar-refractivity contribution < 1.29 is 0 Å². The quantitative estimate of drug-likeness (QED) is 0.723. The molecule has 1 aliphatic heterocycles. The molecule has 1 saturated heterocycles. The molecule has 1 aliphatic rings. The molecule has 0 aliphatic carbocycles. The van der Waals surface area contributed by atoms with E-state index in [0.29, 0.717) is 0 Å². The number of nitrogens with zero attached hydrogens (tertiary/aromatic N) is 5. The molecule has 0 saturated carbocycles. The van der Waals surface area contributed by atoms with E-state index in [-0.39, 0.29) is 0 Å². The Morgan fingerprint density at radius 1 is 1.00 bits per heavy atom. The molecule has 0 bridgehead atoms. The Hall–Kier alpha value is -2.43. The van der Waals surface area contributed by atoms with Crippen molar-refractivity contribution in [3.63, 3.8) is 0 Å². The van der Waals surface area contributed by atoms with Crippen LogP contribution in [0.5, 0.6) is 0 Å². The second kappa shape index (κ2) is 4.84. The largest absolute Gasteiger partial charge is 0.356 e. The molecule has 5 heteroatoms. The van der Waals surface area contributed by atoms with Crippen LogP contribution in [0.1, 0.15) is 18.4 Å². The van der Waals surface area contributed by atoms with E-state index in [1.165, 1.54) is 18.4 Å². The first kappa shape index (κ1) is 12.3. The Morgan fingerprint density at radius 3 is 2.52 bits per heavy atom. The fourth-order valence-corrected chi connectivity index (χ4v) is 2.89. The number of hydrogen-bond acceptors (Lipinski definition) is 4. The minimum Gasteiger partial charge on any atom is -0.356 e. The molecular formula is C16H17N5. The van der Waals surface area contributed by atoms with Crippen molar-refractivity contribution >= 4 is 16.9 Å². The maximum Gasteiger partial charge on any atom is 0.168 e. The van der Waals surface area contributed by atoms with Crippen LogP contribution in [-0.2, 0) is 0 Å². The number of aryl methyl sites for hydroxylation is 1. The second-order valence-electron chi connectivity index (χ2n) is 5.52. The molecule has 106 valence electrons. The zero-order valence-corrected chi connectivity index (χ0v) is 12.0. The van der Waals surface area contributed by atoms with Gasteiger partial charge in [-0.15, -0.1) is 0 Å². The van der Waals surface area contributed by atoms with E-state index in [4.69, 9.17) is 0 Å². The lowest BCUT2D eigenvalue weighted by Crippen LogP contribution is -2.19. The fraction of sp³-hybridized carbons (Fsp3) is 0.312. The van der Waals surface area contributed by atoms with Crippen molar-refractivity contribution in [1.82, 2.24) is 19.7 Å². The van der Waals surface area contributed by atoms with Gasteiger partial charge in [0.05, 0.1) is 17.3 Å². The van der Waals surface area contributed by atoms with Crippen molar-refractivity contribution in [1.29, 1.82) is 0 Å². The highest BCUT2D eigenvalue weighted by atomic mass is 15.3. The van der Waals surface area contributed by atoms with Gasteiger partial charge in [-0.1, -0.05) is 17.7 Å². The number of fused-ring (bicyclic) bond motifs is 1. The van der Waals surface area contributed by atoms with Crippen molar-refractivity contribution in [2.45, 2.75) is 19.8 Å². The predicted octanol–water partition coefficient (Wildman–Crippen LogP) is 2.72. The van der Waals surface area contributed by atoms with E-state index >= 15 is 0 Å². The van der Waals surface area contributed by atoms with Crippen LogP contribution in [0.15, 0.2) is 36.8 Å². The molecule has 2 aromatic heterocycles. The first-order chi connectivity index (χ1) is 10.3. The maximum atomic E-state index is 4.51. The lowest BCUT2D eigenvalue weighted by molar-refractivity contribution is 0.892. The van der Waals surface area contributed by atoms with Crippen LogP contribution in [0.3, 0.4) is 0 Å². The van der Waals surface area contributed by atoms with Crippen LogP contribution in [0.4, 0.5) is 5.82 Å². The summed E-state index contributed by atoms with van der Waals surface area (Å²) < 4.78 is 1.88. The van der Waals surface area contributed by atoms with Gasteiger partial charge in [0, 0.05) is 13.1 Å². The molecule has 21 heavy (non-hydrogen) atoms. The molecule has 1 fully saturated rings. The van der Waals surface area contributed by atoms with E-state index in [1.54, 1.807) is 6.33 Å². The molecule has 0 unspecified atom stereocenters. The third-order valence-electron chi connectivity index (χ3n) is 4.03. The second-order valence-corrected chi connectivity index (χ2v) is 5.52. The van der Waals surface area contributed by atoms with Crippen molar-refractivity contribution in [3.8, 4) is 5.69 Å². The highest BCUT2D eigenvalue weighted by Gasteiger charge is 2.18. The lowest BCUT2D eigenvalue weighted by atomic mass is 10.2. The molecule has 0 N–H and O–H groups in total. The molecule has 5 nitrogen and oxygen atoms in total. The van der Waals surface area contributed by atoms with Crippen LogP contribution in [0.2, 0.25) is 0 Å². The van der Waals surface area contributed by atoms with Crippen LogP contribution in [0, 0.1) is 6.92 Å². The van der Waals surface area contributed by atoms with Crippen molar-refractivity contribution in [2.24, 2.45) is 0 Å². The van der Waals surface area contributed by atoms with E-state index in [2.05, 4.69) is 51.2 Å². The van der Waals surface area contributed by atoms with Gasteiger partial charge >= 0.3 is 0 Å². The minimum atomic E-state index is 0.871. The Bertz CT molecular complexity index is 769. The summed E-state index contributed by atoms with van der Waals surface area (Å²) in [4.78, 5) is 11.2. The molecule has 4 rings (SSSR count). The summed E-state index contributed by atoms with van der Waals surface area (Å²) in [5.41, 5.74) is 3.14. The summed E-state index contributed by atoms with van der Waals surface area (Å²) in [7, 11) is 0. The Kier molecular flexibility index (Phi) is 2.84. The topological polar surface area (TPSA) is 46.8 Å². The summed E-state index contributed by atoms with van der Waals surface area (Å²) in [6, 6.07) is 8.32. The highest BCUT2D eigenvalue weighted by molar-refractivity contribution is 5.87. The SMILES string of the molecule is Cc1ccc(-n2ncc3c(N4CCCC4)ncnc32)cc1. The van der Waals surface area contributed by atoms with Crippen molar-refractivity contribution in [3.05, 3.63) is 42.4 Å². The fourth-order valence-electron chi connectivity index (χ4n) is 2.89. The molecule has 3 heterocycles. The van der Waals surface area contributed by atoms with E-state index in [9.17, 15) is 0 Å². The van der Waals surface area contributed by atoms with Gasteiger partial charge in [0.15, 0.2) is 5.65 Å². The molecular weight excluding hydrogens is 262 g/mol. The number of rotatable bonds is 2. The van der Waals surface area contributed by atoms with Gasteiger partial charge < -0.3 is 4.90 Å². The zero-order valence-electron chi connectivity index (χ0n) is 12.0. The third-order valence-corrected chi connectivity index (χ3v) is 4.03. The Morgan fingerprint density at radius 2 is 1.76 bits per heavy atom. The summed E-state index contributed by atoms with van der Waals surface area (Å²) in [6.07, 6.45) is 5.99. The van der Waals surface area contributed by atoms with Gasteiger partial charge in [0.25, 0.3) is 0 Å². The van der Waals surface area contributed by atoms with Crippen molar-refractivity contribution in [2.75, 3.05) is 18.0 Å². The normalized spacial score (nSPS) is 15.0. The van der Waals surface area contributed by atoms with E-state index in [1.807, 2.05) is 10.9 Å². The molecule has 0 amide bonds. The Balaban J connectivity index is 1.85. The average molecular weight is 279 g/mol. The van der Waals surface area contributed by atoms with Gasteiger partial charge in [0.2, 0.25) is 0 Å². The molecule has 1 aromatic carbocycles. The van der Waals surface area contributed by atoms with Crippen LogP contribution in [0.25, 0.3) is 16.7 Å². The van der Waals surface area contributed by atoms with E-state index in [0.717, 1.165) is 35.6 Å². The van der Waals surface area contributed by atoms with E-state index < -0.39 is 0 Å². The predicted molar refractivity (Wildman–Crippen MR) is 82.8 cm³/mol. The van der Waals surface area contributed by atoms with Gasteiger partial charge in [-0.3, -0.25) is 0 Å². The smallest absolute Gasteiger partial charge is 0.168 e. The highest BCUT2D eigenvalue weighted by Crippen LogP contribution is 2.27. The Labute approximate surface area is 123 Å². The van der Waals surface area contributed by atoms with Crippen LogP contribution in [-0.4, -0.2) is 32.8 Å². The lowest BCUT2D eigenvalue weighted by Gasteiger charge is -2.16. The molecule has 0 radical (unpaired) electrons. The van der Waals surface area contributed by atoms with Crippen LogP contribution >= 0.6 is 0 Å². The minimum absolute atomic E-state index is 0.871. The van der Waals surface area contributed by atoms with Crippen LogP contribution < -0.4 is 4.90 Å². The summed E-state index contributed by atoms with van der Waals surface area (Å²) in [5, 5.41) is 5.54. The first-order valence-electron chi connectivity index (χ1n) is 7.34.